The molecule has 0 aliphatic rings. The maximum Gasteiger partial charge on any atom is 0.0914 e. The Labute approximate surface area is 126 Å². The van der Waals surface area contributed by atoms with Crippen molar-refractivity contribution in [1.82, 2.24) is 5.32 Å². The molecule has 0 fully saturated rings. The first-order chi connectivity index (χ1) is 10.3. The molecular formula is C18H25NO2. The van der Waals surface area contributed by atoms with Crippen molar-refractivity contribution in [1.29, 1.82) is 0 Å². The summed E-state index contributed by atoms with van der Waals surface area (Å²) in [5.41, 5.74) is 0.952. The Hall–Kier alpha value is -1.42. The first kappa shape index (κ1) is 16.0. The molecule has 0 aliphatic carbocycles. The van der Waals surface area contributed by atoms with Crippen molar-refractivity contribution in [2.24, 2.45) is 0 Å². The number of hydrogen-bond acceptors (Lipinski definition) is 3. The van der Waals surface area contributed by atoms with Gasteiger partial charge in [-0.25, -0.2) is 0 Å². The Morgan fingerprint density at radius 2 is 1.90 bits per heavy atom. The highest BCUT2D eigenvalue weighted by molar-refractivity contribution is 5.83. The molecule has 2 aromatic carbocycles. The van der Waals surface area contributed by atoms with Crippen LogP contribution in [0.5, 0.6) is 0 Å². The predicted octanol–water partition coefficient (Wildman–Crippen LogP) is 3.28. The molecule has 114 valence electrons. The molecule has 0 bridgehead atoms. The first-order valence-electron chi connectivity index (χ1n) is 7.76. The number of benzene rings is 2. The van der Waals surface area contributed by atoms with Crippen LogP contribution in [-0.2, 0) is 4.74 Å². The second kappa shape index (κ2) is 8.78. The Morgan fingerprint density at radius 1 is 1.10 bits per heavy atom. The number of rotatable bonds is 9. The quantitative estimate of drug-likeness (QED) is 0.695. The standard InChI is InChI=1S/C18H25NO2/c1-2-3-11-21-12-10-19-14-18(20)17-9-8-15-6-4-5-7-16(15)13-17/h4-9,13,18-20H,2-3,10-12,14H2,1H3. The minimum absolute atomic E-state index is 0.481. The second-order valence-electron chi connectivity index (χ2n) is 5.29. The lowest BCUT2D eigenvalue weighted by atomic mass is 10.0. The van der Waals surface area contributed by atoms with Gasteiger partial charge in [-0.05, 0) is 28.8 Å². The molecule has 3 heteroatoms. The van der Waals surface area contributed by atoms with Crippen molar-refractivity contribution in [3.63, 3.8) is 0 Å². The normalized spacial score (nSPS) is 12.7. The van der Waals surface area contributed by atoms with Gasteiger partial charge in [0.2, 0.25) is 0 Å². The lowest BCUT2D eigenvalue weighted by Crippen LogP contribution is -2.25. The Balaban J connectivity index is 1.75. The van der Waals surface area contributed by atoms with E-state index in [9.17, 15) is 5.11 Å². The van der Waals surface area contributed by atoms with Gasteiger partial charge in [0.1, 0.15) is 0 Å². The monoisotopic (exact) mass is 287 g/mol. The van der Waals surface area contributed by atoms with E-state index in [0.717, 1.165) is 36.9 Å². The summed E-state index contributed by atoms with van der Waals surface area (Å²) in [5.74, 6) is 0. The zero-order chi connectivity index (χ0) is 14.9. The maximum absolute atomic E-state index is 10.2. The van der Waals surface area contributed by atoms with E-state index in [2.05, 4.69) is 36.5 Å². The van der Waals surface area contributed by atoms with Gasteiger partial charge in [-0.15, -0.1) is 0 Å². The topological polar surface area (TPSA) is 41.5 Å². The molecule has 0 saturated heterocycles. The van der Waals surface area contributed by atoms with Crippen molar-refractivity contribution < 1.29 is 9.84 Å². The summed E-state index contributed by atoms with van der Waals surface area (Å²) in [6.45, 7) is 5.00. The summed E-state index contributed by atoms with van der Waals surface area (Å²) in [7, 11) is 0. The molecule has 1 unspecified atom stereocenters. The van der Waals surface area contributed by atoms with Gasteiger partial charge in [-0.3, -0.25) is 0 Å². The van der Waals surface area contributed by atoms with Crippen LogP contribution in [0, 0.1) is 0 Å². The van der Waals surface area contributed by atoms with Crippen LogP contribution >= 0.6 is 0 Å². The summed E-state index contributed by atoms with van der Waals surface area (Å²) in [6, 6.07) is 14.3. The summed E-state index contributed by atoms with van der Waals surface area (Å²) in [5, 5.41) is 15.8. The van der Waals surface area contributed by atoms with E-state index >= 15 is 0 Å². The fourth-order valence-corrected chi connectivity index (χ4v) is 2.26. The SMILES string of the molecule is CCCCOCCNCC(O)c1ccc2ccccc2c1. The molecule has 2 N–H and O–H groups in total. The van der Waals surface area contributed by atoms with E-state index in [1.165, 1.54) is 5.39 Å². The minimum Gasteiger partial charge on any atom is -0.387 e. The van der Waals surface area contributed by atoms with Gasteiger partial charge in [-0.1, -0.05) is 49.7 Å². The van der Waals surface area contributed by atoms with Crippen molar-refractivity contribution in [2.45, 2.75) is 25.9 Å². The molecule has 2 aromatic rings. The van der Waals surface area contributed by atoms with Crippen LogP contribution in [0.15, 0.2) is 42.5 Å². The molecule has 0 spiro atoms. The first-order valence-corrected chi connectivity index (χ1v) is 7.76. The van der Waals surface area contributed by atoms with Gasteiger partial charge in [0.15, 0.2) is 0 Å². The van der Waals surface area contributed by atoms with Crippen LogP contribution in [0.1, 0.15) is 31.4 Å². The molecule has 0 aliphatic heterocycles. The highest BCUT2D eigenvalue weighted by Gasteiger charge is 2.07. The van der Waals surface area contributed by atoms with Gasteiger partial charge < -0.3 is 15.2 Å². The zero-order valence-electron chi connectivity index (χ0n) is 12.7. The highest BCUT2D eigenvalue weighted by Crippen LogP contribution is 2.19. The molecule has 3 nitrogen and oxygen atoms in total. The third kappa shape index (κ3) is 5.12. The fraction of sp³-hybridized carbons (Fsp3) is 0.444. The van der Waals surface area contributed by atoms with Crippen LogP contribution in [0.25, 0.3) is 10.8 Å². The number of nitrogens with one attached hydrogen (secondary N) is 1. The zero-order valence-corrected chi connectivity index (χ0v) is 12.7. The van der Waals surface area contributed by atoms with E-state index in [1.807, 2.05) is 18.2 Å². The molecule has 0 heterocycles. The van der Waals surface area contributed by atoms with Crippen molar-refractivity contribution in [3.8, 4) is 0 Å². The molecule has 0 radical (unpaired) electrons. The van der Waals surface area contributed by atoms with E-state index in [1.54, 1.807) is 0 Å². The summed E-state index contributed by atoms with van der Waals surface area (Å²) < 4.78 is 5.48. The van der Waals surface area contributed by atoms with Crippen LogP contribution in [0.3, 0.4) is 0 Å². The summed E-state index contributed by atoms with van der Waals surface area (Å²) in [4.78, 5) is 0. The number of aliphatic hydroxyl groups is 1. The van der Waals surface area contributed by atoms with E-state index in [-0.39, 0.29) is 0 Å². The number of hydrogen-bond donors (Lipinski definition) is 2. The van der Waals surface area contributed by atoms with E-state index in [4.69, 9.17) is 4.74 Å². The fourth-order valence-electron chi connectivity index (χ4n) is 2.26. The molecule has 0 saturated carbocycles. The molecule has 1 atom stereocenters. The van der Waals surface area contributed by atoms with Crippen molar-refractivity contribution >= 4 is 10.8 Å². The van der Waals surface area contributed by atoms with Crippen molar-refractivity contribution in [3.05, 3.63) is 48.0 Å². The summed E-state index contributed by atoms with van der Waals surface area (Å²) >= 11 is 0. The number of aliphatic hydroxyl groups excluding tert-OH is 1. The maximum atomic E-state index is 10.2. The van der Waals surface area contributed by atoms with Gasteiger partial charge in [0.25, 0.3) is 0 Å². The molecule has 21 heavy (non-hydrogen) atoms. The largest absolute Gasteiger partial charge is 0.387 e. The van der Waals surface area contributed by atoms with Gasteiger partial charge in [0, 0.05) is 19.7 Å². The van der Waals surface area contributed by atoms with Crippen LogP contribution in [0.4, 0.5) is 0 Å². The molecule has 2 rings (SSSR count). The predicted molar refractivity (Wildman–Crippen MR) is 87.5 cm³/mol. The average molecular weight is 287 g/mol. The highest BCUT2D eigenvalue weighted by atomic mass is 16.5. The van der Waals surface area contributed by atoms with Crippen LogP contribution < -0.4 is 5.32 Å². The average Bonchev–Trinajstić information content (AvgIpc) is 2.53. The Morgan fingerprint density at radius 3 is 2.71 bits per heavy atom. The Bertz CT molecular complexity index is 541. The Kier molecular flexibility index (Phi) is 6.67. The lowest BCUT2D eigenvalue weighted by Gasteiger charge is -2.13. The van der Waals surface area contributed by atoms with Gasteiger partial charge in [-0.2, -0.15) is 0 Å². The smallest absolute Gasteiger partial charge is 0.0914 e. The third-order valence-electron chi connectivity index (χ3n) is 3.56. The summed E-state index contributed by atoms with van der Waals surface area (Å²) in [6.07, 6.45) is 1.79. The van der Waals surface area contributed by atoms with E-state index < -0.39 is 6.10 Å². The molecule has 0 aromatic heterocycles. The minimum atomic E-state index is -0.481. The van der Waals surface area contributed by atoms with E-state index in [0.29, 0.717) is 13.2 Å². The molecular weight excluding hydrogens is 262 g/mol. The van der Waals surface area contributed by atoms with Crippen LogP contribution in [0.2, 0.25) is 0 Å². The number of ether oxygens (including phenoxy) is 1. The van der Waals surface area contributed by atoms with Gasteiger partial charge >= 0.3 is 0 Å². The number of unbranched alkanes of at least 4 members (excludes halogenated alkanes) is 1. The number of fused-ring (bicyclic) bond motifs is 1. The molecule has 0 amide bonds. The lowest BCUT2D eigenvalue weighted by molar-refractivity contribution is 0.125. The van der Waals surface area contributed by atoms with Gasteiger partial charge in [0.05, 0.1) is 12.7 Å². The van der Waals surface area contributed by atoms with Crippen LogP contribution in [-0.4, -0.2) is 31.4 Å². The van der Waals surface area contributed by atoms with Crippen molar-refractivity contribution in [2.75, 3.05) is 26.3 Å². The third-order valence-corrected chi connectivity index (χ3v) is 3.56. The second-order valence-corrected chi connectivity index (χ2v) is 5.29.